The standard InChI is InChI=1S/C25H25NO2/c1-4-21-11-9-15-24(17-21)28-25(26-22-12-6-5-7-13-22)20(3)18-27-23-14-8-10-19(2)16-23/h5-18H,4H2,1-3H3/b20-18?,26-25+. The van der Waals surface area contributed by atoms with Gasteiger partial charge in [-0.1, -0.05) is 49.4 Å². The number of benzene rings is 3. The van der Waals surface area contributed by atoms with E-state index < -0.39 is 0 Å². The lowest BCUT2D eigenvalue weighted by Gasteiger charge is -2.11. The zero-order chi connectivity index (χ0) is 19.8. The minimum absolute atomic E-state index is 0.507. The van der Waals surface area contributed by atoms with Gasteiger partial charge in [0.1, 0.15) is 11.5 Å². The molecule has 0 saturated carbocycles. The molecular formula is C25H25NO2. The number of aliphatic imine (C=N–C) groups is 1. The molecule has 0 amide bonds. The molecule has 3 heteroatoms. The Morgan fingerprint density at radius 3 is 2.39 bits per heavy atom. The highest BCUT2D eigenvalue weighted by atomic mass is 16.5. The van der Waals surface area contributed by atoms with Crippen LogP contribution in [0.1, 0.15) is 25.0 Å². The maximum Gasteiger partial charge on any atom is 0.225 e. The zero-order valence-electron chi connectivity index (χ0n) is 16.6. The summed E-state index contributed by atoms with van der Waals surface area (Å²) in [7, 11) is 0. The Hall–Kier alpha value is -3.33. The third-order valence-electron chi connectivity index (χ3n) is 4.21. The van der Waals surface area contributed by atoms with Gasteiger partial charge in [0.25, 0.3) is 0 Å². The van der Waals surface area contributed by atoms with Crippen LogP contribution < -0.4 is 9.47 Å². The fourth-order valence-corrected chi connectivity index (χ4v) is 2.65. The Morgan fingerprint density at radius 1 is 0.893 bits per heavy atom. The largest absolute Gasteiger partial charge is 0.465 e. The first-order valence-corrected chi connectivity index (χ1v) is 9.45. The molecule has 0 heterocycles. The van der Waals surface area contributed by atoms with Crippen LogP contribution in [0.3, 0.4) is 0 Å². The van der Waals surface area contributed by atoms with Crippen LogP contribution in [0.2, 0.25) is 0 Å². The van der Waals surface area contributed by atoms with Gasteiger partial charge in [0.15, 0.2) is 0 Å². The van der Waals surface area contributed by atoms with E-state index in [-0.39, 0.29) is 0 Å². The number of nitrogens with zero attached hydrogens (tertiary/aromatic N) is 1. The van der Waals surface area contributed by atoms with E-state index in [1.165, 1.54) is 5.56 Å². The highest BCUT2D eigenvalue weighted by Gasteiger charge is 2.08. The summed E-state index contributed by atoms with van der Waals surface area (Å²) in [5, 5.41) is 0. The lowest BCUT2D eigenvalue weighted by atomic mass is 10.2. The molecule has 0 spiro atoms. The Bertz CT molecular complexity index is 975. The van der Waals surface area contributed by atoms with Crippen LogP contribution in [0.4, 0.5) is 5.69 Å². The molecule has 3 aromatic carbocycles. The van der Waals surface area contributed by atoms with Gasteiger partial charge in [-0.2, -0.15) is 0 Å². The van der Waals surface area contributed by atoms with Gasteiger partial charge in [-0.3, -0.25) is 0 Å². The van der Waals surface area contributed by atoms with Gasteiger partial charge in [0.2, 0.25) is 5.90 Å². The topological polar surface area (TPSA) is 30.8 Å². The summed E-state index contributed by atoms with van der Waals surface area (Å²) in [5.41, 5.74) is 3.99. The first-order valence-electron chi connectivity index (χ1n) is 9.45. The Morgan fingerprint density at radius 2 is 1.64 bits per heavy atom. The van der Waals surface area contributed by atoms with Crippen molar-refractivity contribution in [2.24, 2.45) is 4.99 Å². The van der Waals surface area contributed by atoms with Crippen molar-refractivity contribution in [1.29, 1.82) is 0 Å². The third-order valence-corrected chi connectivity index (χ3v) is 4.21. The molecule has 0 aliphatic rings. The van der Waals surface area contributed by atoms with Crippen molar-refractivity contribution >= 4 is 11.6 Å². The molecule has 142 valence electrons. The Labute approximate surface area is 167 Å². The minimum atomic E-state index is 0.507. The van der Waals surface area contributed by atoms with Crippen LogP contribution in [0.5, 0.6) is 11.5 Å². The molecule has 0 aromatic heterocycles. The molecule has 0 unspecified atom stereocenters. The Balaban J connectivity index is 1.88. The van der Waals surface area contributed by atoms with Crippen LogP contribution in [-0.2, 0) is 6.42 Å². The normalized spacial score (nSPS) is 12.0. The summed E-state index contributed by atoms with van der Waals surface area (Å²) in [5.74, 6) is 2.05. The first-order chi connectivity index (χ1) is 13.6. The molecule has 3 aromatic rings. The van der Waals surface area contributed by atoms with Gasteiger partial charge >= 0.3 is 0 Å². The predicted octanol–water partition coefficient (Wildman–Crippen LogP) is 6.65. The average Bonchev–Trinajstić information content (AvgIpc) is 2.72. The van der Waals surface area contributed by atoms with Gasteiger partial charge in [-0.25, -0.2) is 4.99 Å². The van der Waals surface area contributed by atoms with Crippen LogP contribution in [0.25, 0.3) is 0 Å². The Kier molecular flexibility index (Phi) is 6.64. The van der Waals surface area contributed by atoms with E-state index in [9.17, 15) is 0 Å². The summed E-state index contributed by atoms with van der Waals surface area (Å²) < 4.78 is 12.0. The van der Waals surface area contributed by atoms with Crippen molar-refractivity contribution in [3.8, 4) is 11.5 Å². The molecule has 0 N–H and O–H groups in total. The molecule has 0 saturated heterocycles. The summed E-state index contributed by atoms with van der Waals surface area (Å²) in [6.07, 6.45) is 2.63. The molecule has 0 atom stereocenters. The SMILES string of the molecule is CCc1cccc(O/C(=N/c2ccccc2)C(C)=COc2cccc(C)c2)c1. The van der Waals surface area contributed by atoms with Crippen molar-refractivity contribution in [3.63, 3.8) is 0 Å². The highest BCUT2D eigenvalue weighted by Crippen LogP contribution is 2.20. The summed E-state index contributed by atoms with van der Waals surface area (Å²) in [6, 6.07) is 25.8. The number of hydrogen-bond donors (Lipinski definition) is 0. The van der Waals surface area contributed by atoms with E-state index in [1.54, 1.807) is 6.26 Å². The van der Waals surface area contributed by atoms with E-state index in [4.69, 9.17) is 9.47 Å². The quantitative estimate of drug-likeness (QED) is 0.276. The highest BCUT2D eigenvalue weighted by molar-refractivity contribution is 5.96. The maximum atomic E-state index is 6.14. The lowest BCUT2D eigenvalue weighted by molar-refractivity contribution is 0.473. The van der Waals surface area contributed by atoms with Gasteiger partial charge in [0.05, 0.1) is 11.9 Å². The van der Waals surface area contributed by atoms with Crippen LogP contribution in [0.15, 0.2) is 95.7 Å². The van der Waals surface area contributed by atoms with Gasteiger partial charge in [-0.15, -0.1) is 0 Å². The smallest absolute Gasteiger partial charge is 0.225 e. The van der Waals surface area contributed by atoms with E-state index in [0.717, 1.165) is 34.7 Å². The number of para-hydroxylation sites is 1. The van der Waals surface area contributed by atoms with Gasteiger partial charge in [-0.05, 0) is 67.8 Å². The van der Waals surface area contributed by atoms with Crippen molar-refractivity contribution in [2.75, 3.05) is 0 Å². The van der Waals surface area contributed by atoms with E-state index >= 15 is 0 Å². The summed E-state index contributed by atoms with van der Waals surface area (Å²) in [6.45, 7) is 6.09. The third kappa shape index (κ3) is 5.58. The predicted molar refractivity (Wildman–Crippen MR) is 116 cm³/mol. The number of aryl methyl sites for hydroxylation is 2. The van der Waals surface area contributed by atoms with Crippen LogP contribution in [-0.4, -0.2) is 5.90 Å². The minimum Gasteiger partial charge on any atom is -0.465 e. The van der Waals surface area contributed by atoms with Crippen molar-refractivity contribution in [3.05, 3.63) is 102 Å². The fraction of sp³-hybridized carbons (Fsp3) is 0.160. The maximum absolute atomic E-state index is 6.14. The molecule has 3 rings (SSSR count). The summed E-state index contributed by atoms with van der Waals surface area (Å²) >= 11 is 0. The number of ether oxygens (including phenoxy) is 2. The number of hydrogen-bond acceptors (Lipinski definition) is 3. The fourth-order valence-electron chi connectivity index (χ4n) is 2.65. The molecule has 0 aliphatic carbocycles. The second kappa shape index (κ2) is 9.56. The molecular weight excluding hydrogens is 346 g/mol. The van der Waals surface area contributed by atoms with Gasteiger partial charge < -0.3 is 9.47 Å². The summed E-state index contributed by atoms with van der Waals surface area (Å²) in [4.78, 5) is 4.69. The van der Waals surface area contributed by atoms with Gasteiger partial charge in [0, 0.05) is 5.57 Å². The first kappa shape index (κ1) is 19.4. The zero-order valence-corrected chi connectivity index (χ0v) is 16.6. The van der Waals surface area contributed by atoms with Crippen LogP contribution in [0, 0.1) is 6.92 Å². The molecule has 0 aliphatic heterocycles. The van der Waals surface area contributed by atoms with Crippen molar-refractivity contribution in [1.82, 2.24) is 0 Å². The van der Waals surface area contributed by atoms with E-state index in [0.29, 0.717) is 5.90 Å². The molecule has 0 bridgehead atoms. The lowest BCUT2D eigenvalue weighted by Crippen LogP contribution is -2.11. The van der Waals surface area contributed by atoms with E-state index in [1.807, 2.05) is 86.6 Å². The van der Waals surface area contributed by atoms with Crippen molar-refractivity contribution < 1.29 is 9.47 Å². The van der Waals surface area contributed by atoms with Crippen LogP contribution >= 0.6 is 0 Å². The second-order valence-electron chi connectivity index (χ2n) is 6.59. The molecule has 0 radical (unpaired) electrons. The molecule has 28 heavy (non-hydrogen) atoms. The van der Waals surface area contributed by atoms with E-state index in [2.05, 4.69) is 18.0 Å². The second-order valence-corrected chi connectivity index (χ2v) is 6.59. The van der Waals surface area contributed by atoms with Crippen molar-refractivity contribution in [2.45, 2.75) is 27.2 Å². The molecule has 3 nitrogen and oxygen atoms in total. The monoisotopic (exact) mass is 371 g/mol. The molecule has 0 fully saturated rings. The average molecular weight is 371 g/mol. The number of rotatable bonds is 6.